The van der Waals surface area contributed by atoms with Gasteiger partial charge in [-0.3, -0.25) is 9.59 Å². The third-order valence-electron chi connectivity index (χ3n) is 4.25. The minimum absolute atomic E-state index is 0.0380. The van der Waals surface area contributed by atoms with Gasteiger partial charge in [0, 0.05) is 11.3 Å². The first kappa shape index (κ1) is 23.4. The molecule has 0 aliphatic heterocycles. The van der Waals surface area contributed by atoms with E-state index in [2.05, 4.69) is 31.8 Å². The van der Waals surface area contributed by atoms with Crippen molar-refractivity contribution in [1.29, 1.82) is 0 Å². The SMILES string of the molecule is Cc1cccc(NC(=O)C(=O)N/N=C\c2ccc(OCc3c(F)cccc3Cl)c(Br)c2)c1. The minimum Gasteiger partial charge on any atom is -0.488 e. The Hall–Kier alpha value is -3.23. The van der Waals surface area contributed by atoms with E-state index < -0.39 is 17.6 Å². The zero-order chi connectivity index (χ0) is 23.1. The summed E-state index contributed by atoms with van der Waals surface area (Å²) in [6, 6.07) is 16.6. The van der Waals surface area contributed by atoms with Crippen molar-refractivity contribution in [3.8, 4) is 5.75 Å². The van der Waals surface area contributed by atoms with Crippen molar-refractivity contribution in [2.45, 2.75) is 13.5 Å². The number of hydrazone groups is 1. The van der Waals surface area contributed by atoms with Crippen LogP contribution in [0.2, 0.25) is 5.02 Å². The summed E-state index contributed by atoms with van der Waals surface area (Å²) in [6.07, 6.45) is 1.38. The number of aryl methyl sites for hydroxylation is 1. The number of nitrogens with zero attached hydrogens (tertiary/aromatic N) is 1. The normalized spacial score (nSPS) is 10.8. The molecule has 0 aliphatic rings. The number of hydrogen-bond donors (Lipinski definition) is 2. The van der Waals surface area contributed by atoms with Crippen LogP contribution in [0.25, 0.3) is 0 Å². The molecular weight excluding hydrogens is 501 g/mol. The molecular formula is C23H18BrClFN3O3. The largest absolute Gasteiger partial charge is 0.488 e. The van der Waals surface area contributed by atoms with Gasteiger partial charge in [-0.25, -0.2) is 9.82 Å². The Bertz CT molecular complexity index is 1170. The van der Waals surface area contributed by atoms with Gasteiger partial charge in [-0.1, -0.05) is 29.8 Å². The van der Waals surface area contributed by atoms with Crippen LogP contribution in [-0.4, -0.2) is 18.0 Å². The van der Waals surface area contributed by atoms with Gasteiger partial charge in [0.2, 0.25) is 0 Å². The second kappa shape index (κ2) is 10.9. The van der Waals surface area contributed by atoms with Crippen LogP contribution >= 0.6 is 27.5 Å². The van der Waals surface area contributed by atoms with Gasteiger partial charge < -0.3 is 10.1 Å². The van der Waals surface area contributed by atoms with Crippen LogP contribution in [0.3, 0.4) is 0 Å². The number of benzene rings is 3. The summed E-state index contributed by atoms with van der Waals surface area (Å²) in [5, 5.41) is 6.58. The number of nitrogens with one attached hydrogen (secondary N) is 2. The molecule has 3 aromatic rings. The van der Waals surface area contributed by atoms with Gasteiger partial charge in [-0.15, -0.1) is 0 Å². The van der Waals surface area contributed by atoms with Crippen LogP contribution in [0.5, 0.6) is 5.75 Å². The molecule has 0 atom stereocenters. The highest BCUT2D eigenvalue weighted by Gasteiger charge is 2.13. The Kier molecular flexibility index (Phi) is 7.97. The van der Waals surface area contributed by atoms with Crippen LogP contribution < -0.4 is 15.5 Å². The van der Waals surface area contributed by atoms with Crippen LogP contribution in [-0.2, 0) is 16.2 Å². The maximum absolute atomic E-state index is 13.9. The summed E-state index contributed by atoms with van der Waals surface area (Å²) in [7, 11) is 0. The van der Waals surface area contributed by atoms with Crippen LogP contribution in [0.15, 0.2) is 70.2 Å². The van der Waals surface area contributed by atoms with E-state index in [1.807, 2.05) is 13.0 Å². The molecule has 0 saturated carbocycles. The van der Waals surface area contributed by atoms with Crippen molar-refractivity contribution in [2.75, 3.05) is 5.32 Å². The Morgan fingerprint density at radius 3 is 2.62 bits per heavy atom. The van der Waals surface area contributed by atoms with Crippen molar-refractivity contribution in [1.82, 2.24) is 5.43 Å². The molecule has 0 aliphatic carbocycles. The number of amides is 2. The van der Waals surface area contributed by atoms with Crippen LogP contribution in [0.4, 0.5) is 10.1 Å². The van der Waals surface area contributed by atoms with Gasteiger partial charge in [0.1, 0.15) is 18.2 Å². The zero-order valence-corrected chi connectivity index (χ0v) is 19.2. The number of ether oxygens (including phenoxy) is 1. The fourth-order valence-electron chi connectivity index (χ4n) is 2.66. The van der Waals surface area contributed by atoms with Crippen molar-refractivity contribution in [2.24, 2.45) is 5.10 Å². The van der Waals surface area contributed by atoms with Crippen molar-refractivity contribution in [3.05, 3.63) is 92.7 Å². The van der Waals surface area contributed by atoms with E-state index in [0.29, 0.717) is 21.5 Å². The van der Waals surface area contributed by atoms with Gasteiger partial charge in [-0.2, -0.15) is 5.10 Å². The predicted molar refractivity (Wildman–Crippen MR) is 125 cm³/mol. The maximum atomic E-state index is 13.9. The van der Waals surface area contributed by atoms with Crippen LogP contribution in [0.1, 0.15) is 16.7 Å². The predicted octanol–water partition coefficient (Wildman–Crippen LogP) is 5.22. The molecule has 0 spiro atoms. The Balaban J connectivity index is 1.55. The lowest BCUT2D eigenvalue weighted by molar-refractivity contribution is -0.136. The van der Waals surface area contributed by atoms with Crippen molar-refractivity contribution < 1.29 is 18.7 Å². The van der Waals surface area contributed by atoms with Gasteiger partial charge in [0.05, 0.1) is 15.7 Å². The zero-order valence-electron chi connectivity index (χ0n) is 16.9. The number of hydrogen-bond acceptors (Lipinski definition) is 4. The first-order valence-electron chi connectivity index (χ1n) is 9.40. The molecule has 32 heavy (non-hydrogen) atoms. The molecule has 164 valence electrons. The summed E-state index contributed by atoms with van der Waals surface area (Å²) in [5.74, 6) is -1.70. The average molecular weight is 519 g/mol. The van der Waals surface area contributed by atoms with E-state index >= 15 is 0 Å². The lowest BCUT2D eigenvalue weighted by Gasteiger charge is -2.10. The summed E-state index contributed by atoms with van der Waals surface area (Å²) < 4.78 is 20.1. The molecule has 0 bridgehead atoms. The highest BCUT2D eigenvalue weighted by molar-refractivity contribution is 9.10. The van der Waals surface area contributed by atoms with Crippen molar-refractivity contribution in [3.63, 3.8) is 0 Å². The standard InChI is InChI=1S/C23H18BrClFN3O3/c1-14-4-2-5-16(10-14)28-22(30)23(31)29-27-12-15-8-9-21(18(24)11-15)32-13-17-19(25)6-3-7-20(17)26/h2-12H,13H2,1H3,(H,28,30)(H,29,31)/b27-12-. The molecule has 3 rings (SSSR count). The summed E-state index contributed by atoms with van der Waals surface area (Å²) in [4.78, 5) is 23.9. The summed E-state index contributed by atoms with van der Waals surface area (Å²) >= 11 is 9.39. The van der Waals surface area contributed by atoms with E-state index in [4.69, 9.17) is 16.3 Å². The van der Waals surface area contributed by atoms with Gasteiger partial charge in [0.15, 0.2) is 0 Å². The molecule has 2 amide bonds. The second-order valence-electron chi connectivity index (χ2n) is 6.70. The van der Waals surface area contributed by atoms with Gasteiger partial charge >= 0.3 is 11.8 Å². The number of carbonyl (C=O) groups excluding carboxylic acids is 2. The van der Waals surface area contributed by atoms with Gasteiger partial charge in [0.25, 0.3) is 0 Å². The lowest BCUT2D eigenvalue weighted by Crippen LogP contribution is -2.32. The number of carbonyl (C=O) groups is 2. The monoisotopic (exact) mass is 517 g/mol. The van der Waals surface area contributed by atoms with E-state index in [9.17, 15) is 14.0 Å². The fraction of sp³-hybridized carbons (Fsp3) is 0.0870. The maximum Gasteiger partial charge on any atom is 0.329 e. The van der Waals surface area contributed by atoms with Crippen molar-refractivity contribution >= 4 is 51.2 Å². The molecule has 6 nitrogen and oxygen atoms in total. The topological polar surface area (TPSA) is 79.8 Å². The second-order valence-corrected chi connectivity index (χ2v) is 7.96. The van der Waals surface area contributed by atoms with E-state index in [0.717, 1.165) is 5.56 Å². The molecule has 0 aromatic heterocycles. The Morgan fingerprint density at radius 1 is 1.12 bits per heavy atom. The number of halogens is 3. The van der Waals surface area contributed by atoms with Gasteiger partial charge in [-0.05, 0) is 76.4 Å². The minimum atomic E-state index is -0.899. The third kappa shape index (κ3) is 6.38. The molecule has 9 heteroatoms. The lowest BCUT2D eigenvalue weighted by atomic mass is 10.2. The smallest absolute Gasteiger partial charge is 0.329 e. The average Bonchev–Trinajstić information content (AvgIpc) is 2.74. The number of rotatable bonds is 6. The van der Waals surface area contributed by atoms with Crippen LogP contribution in [0, 0.1) is 12.7 Å². The highest BCUT2D eigenvalue weighted by Crippen LogP contribution is 2.28. The van der Waals surface area contributed by atoms with E-state index in [1.54, 1.807) is 42.5 Å². The summed E-state index contributed by atoms with van der Waals surface area (Å²) in [5.41, 5.74) is 4.54. The molecule has 0 radical (unpaired) electrons. The Morgan fingerprint density at radius 2 is 1.91 bits per heavy atom. The summed E-state index contributed by atoms with van der Waals surface area (Å²) in [6.45, 7) is 1.84. The molecule has 3 aromatic carbocycles. The fourth-order valence-corrected chi connectivity index (χ4v) is 3.39. The third-order valence-corrected chi connectivity index (χ3v) is 5.23. The van der Waals surface area contributed by atoms with E-state index in [-0.39, 0.29) is 17.2 Å². The van der Waals surface area contributed by atoms with E-state index in [1.165, 1.54) is 18.3 Å². The molecule has 0 fully saturated rings. The Labute approximate surface area is 197 Å². The highest BCUT2D eigenvalue weighted by atomic mass is 79.9. The molecule has 0 heterocycles. The first-order valence-corrected chi connectivity index (χ1v) is 10.6. The molecule has 0 unspecified atom stereocenters. The number of anilines is 1. The molecule has 0 saturated heterocycles. The first-order chi connectivity index (χ1) is 15.3. The quantitative estimate of drug-likeness (QED) is 0.267. The molecule has 2 N–H and O–H groups in total.